The zero-order valence-corrected chi connectivity index (χ0v) is 18.0. The molecule has 2 aliphatic heterocycles. The maximum Gasteiger partial charge on any atom is 0.117 e. The van der Waals surface area contributed by atoms with Gasteiger partial charge >= 0.3 is 0 Å². The second-order valence-electron chi connectivity index (χ2n) is 13.1. The van der Waals surface area contributed by atoms with Crippen molar-refractivity contribution in [3.05, 3.63) is 0 Å². The molecule has 10 atom stereocenters. The van der Waals surface area contributed by atoms with E-state index in [0.29, 0.717) is 28.5 Å². The summed E-state index contributed by atoms with van der Waals surface area (Å²) in [7, 11) is 0. The first-order valence-corrected chi connectivity index (χ1v) is 12.1. The summed E-state index contributed by atoms with van der Waals surface area (Å²) in [4.78, 5) is 0. The van der Waals surface area contributed by atoms with Crippen LogP contribution in [0.4, 0.5) is 0 Å². The van der Waals surface area contributed by atoms with Crippen LogP contribution in [0.2, 0.25) is 0 Å². The minimum Gasteiger partial charge on any atom is -0.362 e. The Bertz CT molecular complexity index is 726. The summed E-state index contributed by atoms with van der Waals surface area (Å²) in [5.41, 5.74) is 1.71. The molecule has 0 aromatic carbocycles. The summed E-state index contributed by atoms with van der Waals surface area (Å²) in [6.45, 7) is 12.7. The number of hydrogen-bond donors (Lipinski definition) is 0. The smallest absolute Gasteiger partial charge is 0.117 e. The van der Waals surface area contributed by atoms with Gasteiger partial charge in [0.15, 0.2) is 0 Å². The van der Waals surface area contributed by atoms with Gasteiger partial charge in [-0.1, -0.05) is 34.6 Å². The third kappa shape index (κ3) is 1.49. The van der Waals surface area contributed by atoms with Crippen LogP contribution in [0, 0.1) is 45.8 Å². The van der Waals surface area contributed by atoms with Crippen LogP contribution >= 0.6 is 0 Å². The van der Waals surface area contributed by atoms with Crippen LogP contribution in [0.25, 0.3) is 0 Å². The van der Waals surface area contributed by atoms with Gasteiger partial charge in [-0.05, 0) is 91.8 Å². The van der Waals surface area contributed by atoms with Gasteiger partial charge in [-0.25, -0.2) is 0 Å². The van der Waals surface area contributed by atoms with E-state index in [0.717, 1.165) is 29.6 Å². The van der Waals surface area contributed by atoms with Gasteiger partial charge in [0.05, 0.1) is 0 Å². The highest BCUT2D eigenvalue weighted by Crippen LogP contribution is 2.82. The van der Waals surface area contributed by atoms with E-state index < -0.39 is 0 Å². The molecule has 0 aromatic rings. The van der Waals surface area contributed by atoms with Crippen molar-refractivity contribution in [2.45, 2.75) is 109 Å². The minimum absolute atomic E-state index is 0.175. The molecule has 0 aromatic heterocycles. The summed E-state index contributed by atoms with van der Waals surface area (Å²) < 4.78 is 13.6. The molecule has 7 fully saturated rings. The molecule has 5 aliphatic carbocycles. The first-order valence-electron chi connectivity index (χ1n) is 12.1. The van der Waals surface area contributed by atoms with Crippen LogP contribution in [0.5, 0.6) is 0 Å². The summed E-state index contributed by atoms with van der Waals surface area (Å²) in [6, 6.07) is 0. The highest BCUT2D eigenvalue weighted by atomic mass is 16.7. The molecule has 150 valence electrons. The summed E-state index contributed by atoms with van der Waals surface area (Å²) in [6.07, 6.45) is 12.1. The Kier molecular flexibility index (Phi) is 2.68. The molecule has 7 aliphatic rings. The predicted octanol–water partition coefficient (Wildman–Crippen LogP) is 5.59. The Morgan fingerprint density at radius 3 is 2.33 bits per heavy atom. The van der Waals surface area contributed by atoms with E-state index in [1.807, 2.05) is 0 Å². The molecular weight excluding hydrogens is 332 g/mol. The summed E-state index contributed by atoms with van der Waals surface area (Å²) in [5.74, 6) is 4.40. The fraction of sp³-hybridized carbons (Fsp3) is 1.00. The topological polar surface area (TPSA) is 25.1 Å². The van der Waals surface area contributed by atoms with Crippen LogP contribution in [-0.2, 0) is 9.47 Å². The van der Waals surface area contributed by atoms with Crippen molar-refractivity contribution in [3.8, 4) is 0 Å². The maximum atomic E-state index is 6.87. The number of ether oxygens (including phenoxy) is 2. The summed E-state index contributed by atoms with van der Waals surface area (Å²) in [5, 5.41) is 0. The van der Waals surface area contributed by atoms with Crippen molar-refractivity contribution in [3.63, 3.8) is 0 Å². The molecule has 7 rings (SSSR count). The number of hydrogen-bond acceptors (Lipinski definition) is 2. The molecule has 0 N–H and O–H groups in total. The summed E-state index contributed by atoms with van der Waals surface area (Å²) >= 11 is 0. The molecular formula is C25H38O2. The van der Waals surface area contributed by atoms with Crippen LogP contribution in [-0.4, -0.2) is 23.4 Å². The van der Waals surface area contributed by atoms with Crippen LogP contribution in [0.1, 0.15) is 86.0 Å². The lowest BCUT2D eigenvalue weighted by Crippen LogP contribution is -2.45. The number of fused-ring (bicyclic) bond motifs is 4. The Balaban J connectivity index is 1.23. The fourth-order valence-electron chi connectivity index (χ4n) is 10.9. The van der Waals surface area contributed by atoms with Crippen LogP contribution in [0.3, 0.4) is 0 Å². The highest BCUT2D eigenvalue weighted by Gasteiger charge is 2.87. The minimum atomic E-state index is 0.175. The first-order chi connectivity index (χ1) is 12.7. The standard InChI is InChI=1S/C25H38O2/c1-14-8-10-23-13-17(14)21(2,3)18(23)9-11-24(23)19(26-24)20-25(27-20)16-7-6-15(12-16)22(25,4)5/h14-20H,6-13H2,1-5H3/t14-,15?,16?,17+,18+,19?,20?,23-,24?,25?/m0/s1. The zero-order valence-electron chi connectivity index (χ0n) is 18.0. The van der Waals surface area contributed by atoms with Crippen LogP contribution in [0.15, 0.2) is 0 Å². The third-order valence-electron chi connectivity index (χ3n) is 12.3. The van der Waals surface area contributed by atoms with Gasteiger partial charge in [0.1, 0.15) is 23.4 Å². The maximum absolute atomic E-state index is 6.87. The number of epoxide rings is 2. The second-order valence-corrected chi connectivity index (χ2v) is 13.1. The highest BCUT2D eigenvalue weighted by molar-refractivity contribution is 5.35. The molecule has 2 heteroatoms. The van der Waals surface area contributed by atoms with Crippen molar-refractivity contribution in [1.29, 1.82) is 0 Å². The van der Waals surface area contributed by atoms with Crippen molar-refractivity contribution in [1.82, 2.24) is 0 Å². The number of rotatable bonds is 1. The van der Waals surface area contributed by atoms with Crippen molar-refractivity contribution in [2.24, 2.45) is 45.8 Å². The monoisotopic (exact) mass is 370 g/mol. The quantitative estimate of drug-likeness (QED) is 0.562. The molecule has 3 spiro atoms. The SMILES string of the molecule is C[C@H]1CC[C@]23C[C@H]1C(C)(C)[C@H]2CCC31OC1C1OC12C1CCC(C1)C2(C)C. The van der Waals surface area contributed by atoms with E-state index >= 15 is 0 Å². The van der Waals surface area contributed by atoms with Gasteiger partial charge < -0.3 is 9.47 Å². The third-order valence-corrected chi connectivity index (χ3v) is 12.3. The van der Waals surface area contributed by atoms with Crippen LogP contribution < -0.4 is 0 Å². The van der Waals surface area contributed by atoms with E-state index in [2.05, 4.69) is 34.6 Å². The normalized spacial score (nSPS) is 65.9. The van der Waals surface area contributed by atoms with E-state index in [1.165, 1.54) is 51.4 Å². The van der Waals surface area contributed by atoms with Crippen molar-refractivity contribution < 1.29 is 9.47 Å². The van der Waals surface area contributed by atoms with E-state index in [-0.39, 0.29) is 11.2 Å². The lowest BCUT2D eigenvalue weighted by Gasteiger charge is -2.40. The van der Waals surface area contributed by atoms with Gasteiger partial charge in [-0.2, -0.15) is 0 Å². The van der Waals surface area contributed by atoms with Gasteiger partial charge in [0, 0.05) is 5.41 Å². The lowest BCUT2D eigenvalue weighted by molar-refractivity contribution is 0.0621. The molecule has 6 unspecified atom stereocenters. The Labute approximate surface area is 165 Å². The molecule has 2 heterocycles. The zero-order chi connectivity index (χ0) is 18.6. The molecule has 5 saturated carbocycles. The van der Waals surface area contributed by atoms with Crippen molar-refractivity contribution >= 4 is 0 Å². The average molecular weight is 371 g/mol. The molecule has 2 nitrogen and oxygen atoms in total. The van der Waals surface area contributed by atoms with Gasteiger partial charge in [-0.15, -0.1) is 0 Å². The second kappa shape index (κ2) is 4.34. The predicted molar refractivity (Wildman–Crippen MR) is 105 cm³/mol. The van der Waals surface area contributed by atoms with E-state index in [1.54, 1.807) is 0 Å². The van der Waals surface area contributed by atoms with Gasteiger partial charge in [0.2, 0.25) is 0 Å². The average Bonchev–Trinajstić information content (AvgIpc) is 3.36. The van der Waals surface area contributed by atoms with E-state index in [9.17, 15) is 0 Å². The lowest BCUT2D eigenvalue weighted by atomic mass is 9.62. The molecule has 0 radical (unpaired) electrons. The molecule has 4 bridgehead atoms. The Morgan fingerprint density at radius 1 is 0.815 bits per heavy atom. The first kappa shape index (κ1) is 16.7. The Morgan fingerprint density at radius 2 is 1.59 bits per heavy atom. The van der Waals surface area contributed by atoms with E-state index in [4.69, 9.17) is 9.47 Å². The molecule has 0 amide bonds. The van der Waals surface area contributed by atoms with Crippen molar-refractivity contribution in [2.75, 3.05) is 0 Å². The molecule has 27 heavy (non-hydrogen) atoms. The Hall–Kier alpha value is -0.0800. The molecule has 2 saturated heterocycles. The van der Waals surface area contributed by atoms with Gasteiger partial charge in [0.25, 0.3) is 0 Å². The fourth-order valence-corrected chi connectivity index (χ4v) is 10.9. The largest absolute Gasteiger partial charge is 0.362 e. The van der Waals surface area contributed by atoms with Gasteiger partial charge in [-0.3, -0.25) is 0 Å².